The number of nitrogens with zero attached hydrogens (tertiary/aromatic N) is 2. The summed E-state index contributed by atoms with van der Waals surface area (Å²) in [6.45, 7) is 5.24. The minimum atomic E-state index is 0.0430. The Morgan fingerprint density at radius 3 is 2.41 bits per heavy atom. The van der Waals surface area contributed by atoms with Crippen LogP contribution in [0.25, 0.3) is 5.70 Å². The van der Waals surface area contributed by atoms with E-state index in [-0.39, 0.29) is 5.91 Å². The van der Waals surface area contributed by atoms with Gasteiger partial charge >= 0.3 is 0 Å². The lowest BCUT2D eigenvalue weighted by molar-refractivity contribution is -0.128. The number of amides is 1. The summed E-state index contributed by atoms with van der Waals surface area (Å²) in [7, 11) is 3.75. The summed E-state index contributed by atoms with van der Waals surface area (Å²) in [6, 6.07) is 7.84. The quantitative estimate of drug-likeness (QED) is 0.446. The summed E-state index contributed by atoms with van der Waals surface area (Å²) in [5, 5.41) is 6.38. The van der Waals surface area contributed by atoms with Gasteiger partial charge in [0.05, 0.1) is 12.2 Å². The number of hydrogen-bond donors (Lipinski definition) is 4. The molecule has 0 saturated carbocycles. The van der Waals surface area contributed by atoms with Gasteiger partial charge in [0, 0.05) is 57.5 Å². The molecule has 2 rings (SSSR count). The van der Waals surface area contributed by atoms with Crippen molar-refractivity contribution in [2.75, 3.05) is 33.7 Å². The fourth-order valence-corrected chi connectivity index (χ4v) is 3.16. The maximum Gasteiger partial charge on any atom is 0.219 e. The number of rotatable bonds is 6. The summed E-state index contributed by atoms with van der Waals surface area (Å²) in [5.74, 6) is 0.474. The fraction of sp³-hybridized carbons (Fsp3) is 0.400. The average Bonchev–Trinajstić information content (AvgIpc) is 2.68. The third-order valence-electron chi connectivity index (χ3n) is 4.79. The van der Waals surface area contributed by atoms with Crippen LogP contribution in [0, 0.1) is 0 Å². The standard InChI is InChI=1S/C20H30N6O/c1-13(11-21)19(24-4)15-5-7-16(8-6-15)25-20(22)17-12-26(14(2)27)10-9-18(17)23-3/h5-8,23-24H,9-12,21H2,1-4H3,(H2,22,25)/b19-13-. The number of nitrogens with two attached hydrogens (primary N) is 2. The molecule has 1 aliphatic rings. The van der Waals surface area contributed by atoms with Gasteiger partial charge in [-0.25, -0.2) is 4.99 Å². The molecule has 146 valence electrons. The maximum absolute atomic E-state index is 11.7. The topological polar surface area (TPSA) is 109 Å². The van der Waals surface area contributed by atoms with Crippen LogP contribution in [0.3, 0.4) is 0 Å². The minimum absolute atomic E-state index is 0.0430. The third kappa shape index (κ3) is 4.89. The summed E-state index contributed by atoms with van der Waals surface area (Å²) in [6.07, 6.45) is 0.745. The highest BCUT2D eigenvalue weighted by atomic mass is 16.2. The fourth-order valence-electron chi connectivity index (χ4n) is 3.16. The molecule has 0 spiro atoms. The van der Waals surface area contributed by atoms with Crippen LogP contribution in [-0.2, 0) is 4.79 Å². The highest BCUT2D eigenvalue weighted by Crippen LogP contribution is 2.22. The van der Waals surface area contributed by atoms with Crippen LogP contribution in [0.15, 0.2) is 46.1 Å². The Morgan fingerprint density at radius 2 is 1.89 bits per heavy atom. The number of nitrogens with one attached hydrogen (secondary N) is 2. The Kier molecular flexibility index (Phi) is 7.01. The number of benzene rings is 1. The third-order valence-corrected chi connectivity index (χ3v) is 4.79. The molecule has 0 unspecified atom stereocenters. The molecule has 7 heteroatoms. The first-order chi connectivity index (χ1) is 12.9. The highest BCUT2D eigenvalue weighted by Gasteiger charge is 2.22. The predicted molar refractivity (Wildman–Crippen MR) is 111 cm³/mol. The van der Waals surface area contributed by atoms with Gasteiger partial charge in [-0.15, -0.1) is 0 Å². The van der Waals surface area contributed by atoms with Gasteiger partial charge in [0.1, 0.15) is 5.84 Å². The lowest BCUT2D eigenvalue weighted by atomic mass is 10.0. The molecular formula is C20H30N6O. The second-order valence-corrected chi connectivity index (χ2v) is 6.55. The Bertz CT molecular complexity index is 776. The van der Waals surface area contributed by atoms with Crippen molar-refractivity contribution >= 4 is 23.1 Å². The Labute approximate surface area is 161 Å². The van der Waals surface area contributed by atoms with E-state index in [1.54, 1.807) is 11.8 Å². The van der Waals surface area contributed by atoms with Crippen LogP contribution >= 0.6 is 0 Å². The molecule has 1 amide bonds. The number of aliphatic imine (C=N–C) groups is 1. The van der Waals surface area contributed by atoms with Gasteiger partial charge in [0.25, 0.3) is 0 Å². The van der Waals surface area contributed by atoms with Crippen LogP contribution < -0.4 is 22.1 Å². The van der Waals surface area contributed by atoms with E-state index in [1.807, 2.05) is 45.3 Å². The first kappa shape index (κ1) is 20.5. The van der Waals surface area contributed by atoms with E-state index in [0.717, 1.165) is 40.2 Å². The Balaban J connectivity index is 2.29. The van der Waals surface area contributed by atoms with E-state index in [4.69, 9.17) is 11.5 Å². The zero-order chi connectivity index (χ0) is 20.0. The first-order valence-electron chi connectivity index (χ1n) is 9.09. The molecule has 0 aliphatic carbocycles. The molecule has 27 heavy (non-hydrogen) atoms. The number of carbonyl (C=O) groups is 1. The van der Waals surface area contributed by atoms with Crippen molar-refractivity contribution in [3.8, 4) is 0 Å². The van der Waals surface area contributed by atoms with Gasteiger partial charge in [-0.05, 0) is 30.2 Å². The molecule has 0 aromatic heterocycles. The Morgan fingerprint density at radius 1 is 1.22 bits per heavy atom. The van der Waals surface area contributed by atoms with E-state index in [9.17, 15) is 4.79 Å². The highest BCUT2D eigenvalue weighted by molar-refractivity contribution is 6.00. The molecule has 0 bridgehead atoms. The zero-order valence-electron chi connectivity index (χ0n) is 16.6. The van der Waals surface area contributed by atoms with E-state index in [0.29, 0.717) is 25.5 Å². The number of carbonyl (C=O) groups excluding carboxylic acids is 1. The summed E-state index contributed by atoms with van der Waals surface area (Å²) in [4.78, 5) is 18.1. The van der Waals surface area contributed by atoms with Crippen molar-refractivity contribution in [2.45, 2.75) is 20.3 Å². The molecule has 0 fully saturated rings. The Hall–Kier alpha value is -2.80. The second-order valence-electron chi connectivity index (χ2n) is 6.55. The van der Waals surface area contributed by atoms with Gasteiger partial charge in [-0.1, -0.05) is 12.1 Å². The lowest BCUT2D eigenvalue weighted by Crippen LogP contribution is -2.40. The molecule has 6 N–H and O–H groups in total. The number of hydrogen-bond acceptors (Lipinski definition) is 5. The molecule has 1 aromatic carbocycles. The SMILES string of the molecule is CNC1=C(C(N)=Nc2ccc(/C(NC)=C(\C)CN)cc2)CN(C(C)=O)CC1. The van der Waals surface area contributed by atoms with E-state index >= 15 is 0 Å². The van der Waals surface area contributed by atoms with E-state index < -0.39 is 0 Å². The molecule has 0 radical (unpaired) electrons. The zero-order valence-corrected chi connectivity index (χ0v) is 16.6. The normalized spacial score (nSPS) is 16.2. The van der Waals surface area contributed by atoms with Crippen molar-refractivity contribution in [1.82, 2.24) is 15.5 Å². The number of amidine groups is 1. The van der Waals surface area contributed by atoms with Crippen LogP contribution in [0.2, 0.25) is 0 Å². The summed E-state index contributed by atoms with van der Waals surface area (Å²) >= 11 is 0. The first-order valence-corrected chi connectivity index (χ1v) is 9.09. The largest absolute Gasteiger partial charge is 0.391 e. The van der Waals surface area contributed by atoms with Gasteiger partial charge in [-0.3, -0.25) is 4.79 Å². The second kappa shape index (κ2) is 9.23. The van der Waals surface area contributed by atoms with Crippen molar-refractivity contribution in [3.63, 3.8) is 0 Å². The van der Waals surface area contributed by atoms with Crippen molar-refractivity contribution in [1.29, 1.82) is 0 Å². The average molecular weight is 371 g/mol. The van der Waals surface area contributed by atoms with Crippen LogP contribution in [0.1, 0.15) is 25.8 Å². The van der Waals surface area contributed by atoms with Crippen molar-refractivity contribution < 1.29 is 4.79 Å². The van der Waals surface area contributed by atoms with Crippen LogP contribution in [0.5, 0.6) is 0 Å². The van der Waals surface area contributed by atoms with Crippen LogP contribution in [-0.4, -0.2) is 50.4 Å². The van der Waals surface area contributed by atoms with Gasteiger partial charge < -0.3 is 27.0 Å². The summed E-state index contributed by atoms with van der Waals surface area (Å²) < 4.78 is 0. The minimum Gasteiger partial charge on any atom is -0.391 e. The monoisotopic (exact) mass is 370 g/mol. The molecule has 1 aromatic rings. The smallest absolute Gasteiger partial charge is 0.219 e. The van der Waals surface area contributed by atoms with Crippen molar-refractivity contribution in [2.24, 2.45) is 16.5 Å². The molecule has 7 nitrogen and oxygen atoms in total. The van der Waals surface area contributed by atoms with Gasteiger partial charge in [0.2, 0.25) is 5.91 Å². The summed E-state index contributed by atoms with van der Waals surface area (Å²) in [5.41, 5.74) is 17.9. The molecule has 0 saturated heterocycles. The van der Waals surface area contributed by atoms with E-state index in [1.165, 1.54) is 0 Å². The van der Waals surface area contributed by atoms with E-state index in [2.05, 4.69) is 15.6 Å². The van der Waals surface area contributed by atoms with Crippen molar-refractivity contribution in [3.05, 3.63) is 46.7 Å². The lowest BCUT2D eigenvalue weighted by Gasteiger charge is -2.29. The molecule has 1 heterocycles. The predicted octanol–water partition coefficient (Wildman–Crippen LogP) is 1.31. The van der Waals surface area contributed by atoms with Crippen LogP contribution in [0.4, 0.5) is 5.69 Å². The molecule has 0 atom stereocenters. The molecule has 1 aliphatic heterocycles. The maximum atomic E-state index is 11.7. The molecular weight excluding hydrogens is 340 g/mol. The van der Waals surface area contributed by atoms with Gasteiger partial charge in [-0.2, -0.15) is 0 Å². The van der Waals surface area contributed by atoms with Gasteiger partial charge in [0.15, 0.2) is 0 Å².